The van der Waals surface area contributed by atoms with E-state index in [-0.39, 0.29) is 5.91 Å². The molecule has 26 heavy (non-hydrogen) atoms. The smallest absolute Gasteiger partial charge is 0.255 e. The van der Waals surface area contributed by atoms with Crippen molar-refractivity contribution in [3.8, 4) is 10.6 Å². The Balaban J connectivity index is 1.48. The molecule has 0 bridgehead atoms. The second-order valence-electron chi connectivity index (χ2n) is 6.27. The number of fused-ring (bicyclic) bond motifs is 1. The van der Waals surface area contributed by atoms with Crippen LogP contribution in [0, 0.1) is 0 Å². The van der Waals surface area contributed by atoms with Gasteiger partial charge in [0.15, 0.2) is 0 Å². The minimum absolute atomic E-state index is 0.119. The molecule has 4 rings (SSSR count). The van der Waals surface area contributed by atoms with E-state index in [1.807, 2.05) is 48.5 Å². The normalized spacial score (nSPS) is 11.2. The topological polar surface area (TPSA) is 72.2 Å². The number of hydrogen-bond acceptors (Lipinski definition) is 5. The van der Waals surface area contributed by atoms with Gasteiger partial charge in [0.1, 0.15) is 11.3 Å². The Bertz CT molecular complexity index is 1020. The fourth-order valence-electron chi connectivity index (χ4n) is 2.60. The Morgan fingerprint density at radius 1 is 1.08 bits per heavy atom. The van der Waals surface area contributed by atoms with Gasteiger partial charge in [-0.15, -0.1) is 10.2 Å². The Morgan fingerprint density at radius 3 is 2.46 bits per heavy atom. The summed E-state index contributed by atoms with van der Waals surface area (Å²) in [4.78, 5) is 13.1. The molecule has 0 aliphatic heterocycles. The number of amides is 1. The first kappa shape index (κ1) is 16.4. The zero-order chi connectivity index (χ0) is 18.1. The highest BCUT2D eigenvalue weighted by molar-refractivity contribution is 7.19. The Hall–Kier alpha value is -3.06. The summed E-state index contributed by atoms with van der Waals surface area (Å²) in [6.07, 6.45) is 1.58. The standard InChI is InChI=1S/C19H17N5OS/c1-12(2)13-3-5-14(6-4-13)17(25)21-16-9-7-15(8-10-16)18-23-24-11-20-22-19(24)26-18/h3-12H,1-2H3,(H,21,25). The van der Waals surface area contributed by atoms with Crippen LogP contribution in [0.4, 0.5) is 5.69 Å². The maximum Gasteiger partial charge on any atom is 0.255 e. The molecule has 0 radical (unpaired) electrons. The van der Waals surface area contributed by atoms with Gasteiger partial charge in [-0.2, -0.15) is 9.61 Å². The van der Waals surface area contributed by atoms with Crippen molar-refractivity contribution in [2.45, 2.75) is 19.8 Å². The van der Waals surface area contributed by atoms with Crippen LogP contribution in [0.3, 0.4) is 0 Å². The summed E-state index contributed by atoms with van der Waals surface area (Å²) in [5, 5.41) is 16.0. The molecule has 0 saturated heterocycles. The van der Waals surface area contributed by atoms with Gasteiger partial charge in [0.05, 0.1) is 0 Å². The molecule has 2 heterocycles. The number of carbonyl (C=O) groups excluding carboxylic acids is 1. The van der Waals surface area contributed by atoms with Gasteiger partial charge in [-0.25, -0.2) is 0 Å². The molecule has 2 aromatic heterocycles. The second kappa shape index (κ2) is 6.68. The average Bonchev–Trinajstić information content (AvgIpc) is 3.24. The highest BCUT2D eigenvalue weighted by Gasteiger charge is 2.10. The van der Waals surface area contributed by atoms with Gasteiger partial charge in [-0.3, -0.25) is 4.79 Å². The van der Waals surface area contributed by atoms with Crippen LogP contribution in [0.25, 0.3) is 15.5 Å². The highest BCUT2D eigenvalue weighted by Crippen LogP contribution is 2.26. The monoisotopic (exact) mass is 363 g/mol. The van der Waals surface area contributed by atoms with Crippen LogP contribution in [0.2, 0.25) is 0 Å². The number of nitrogens with one attached hydrogen (secondary N) is 1. The molecule has 4 aromatic rings. The molecular formula is C19H17N5OS. The van der Waals surface area contributed by atoms with Crippen LogP contribution in [0.1, 0.15) is 35.7 Å². The van der Waals surface area contributed by atoms with Crippen molar-refractivity contribution in [3.05, 3.63) is 66.0 Å². The Morgan fingerprint density at radius 2 is 1.81 bits per heavy atom. The molecule has 0 unspecified atom stereocenters. The van der Waals surface area contributed by atoms with Crippen molar-refractivity contribution in [1.82, 2.24) is 19.8 Å². The predicted octanol–water partition coefficient (Wildman–Crippen LogP) is 4.23. The van der Waals surface area contributed by atoms with E-state index in [2.05, 4.69) is 34.5 Å². The maximum absolute atomic E-state index is 12.4. The van der Waals surface area contributed by atoms with Gasteiger partial charge >= 0.3 is 0 Å². The van der Waals surface area contributed by atoms with Gasteiger partial charge < -0.3 is 5.32 Å². The lowest BCUT2D eigenvalue weighted by molar-refractivity contribution is 0.102. The van der Waals surface area contributed by atoms with E-state index in [9.17, 15) is 4.79 Å². The molecule has 0 atom stereocenters. The number of aromatic nitrogens is 4. The van der Waals surface area contributed by atoms with Crippen molar-refractivity contribution < 1.29 is 4.79 Å². The average molecular weight is 363 g/mol. The summed E-state index contributed by atoms with van der Waals surface area (Å²) in [5.41, 5.74) is 3.58. The van der Waals surface area contributed by atoms with Gasteiger partial charge in [-0.1, -0.05) is 37.3 Å². The van der Waals surface area contributed by atoms with E-state index in [0.29, 0.717) is 11.5 Å². The molecular weight excluding hydrogens is 346 g/mol. The molecule has 7 heteroatoms. The number of hydrogen-bond donors (Lipinski definition) is 1. The number of benzene rings is 2. The van der Waals surface area contributed by atoms with E-state index in [1.165, 1.54) is 16.9 Å². The van der Waals surface area contributed by atoms with E-state index >= 15 is 0 Å². The van der Waals surface area contributed by atoms with Crippen molar-refractivity contribution >= 4 is 27.9 Å². The molecule has 0 aliphatic rings. The summed E-state index contributed by atoms with van der Waals surface area (Å²) in [7, 11) is 0. The first-order valence-electron chi connectivity index (χ1n) is 8.29. The van der Waals surface area contributed by atoms with Crippen molar-refractivity contribution in [2.75, 3.05) is 5.32 Å². The van der Waals surface area contributed by atoms with E-state index in [4.69, 9.17) is 0 Å². The maximum atomic E-state index is 12.4. The third-order valence-electron chi connectivity index (χ3n) is 4.12. The lowest BCUT2D eigenvalue weighted by atomic mass is 10.0. The number of anilines is 1. The summed E-state index contributed by atoms with van der Waals surface area (Å²) in [5.74, 6) is 0.330. The number of carbonyl (C=O) groups is 1. The molecule has 0 spiro atoms. The zero-order valence-corrected chi connectivity index (χ0v) is 15.2. The minimum atomic E-state index is -0.119. The fourth-order valence-corrected chi connectivity index (χ4v) is 3.42. The molecule has 130 valence electrons. The summed E-state index contributed by atoms with van der Waals surface area (Å²) in [6.45, 7) is 4.26. The quantitative estimate of drug-likeness (QED) is 0.589. The first-order valence-corrected chi connectivity index (χ1v) is 9.10. The van der Waals surface area contributed by atoms with Gasteiger partial charge in [-0.05, 0) is 47.9 Å². The van der Waals surface area contributed by atoms with Crippen molar-refractivity contribution in [3.63, 3.8) is 0 Å². The lowest BCUT2D eigenvalue weighted by Gasteiger charge is -2.08. The van der Waals surface area contributed by atoms with Crippen molar-refractivity contribution in [2.24, 2.45) is 0 Å². The molecule has 1 N–H and O–H groups in total. The summed E-state index contributed by atoms with van der Waals surface area (Å²) >= 11 is 1.47. The molecule has 2 aromatic carbocycles. The Labute approximate surface area is 154 Å². The van der Waals surface area contributed by atoms with Crippen LogP contribution in [-0.4, -0.2) is 25.7 Å². The van der Waals surface area contributed by atoms with Crippen LogP contribution in [0.15, 0.2) is 54.9 Å². The number of nitrogens with zero attached hydrogens (tertiary/aromatic N) is 4. The van der Waals surface area contributed by atoms with Crippen molar-refractivity contribution in [1.29, 1.82) is 0 Å². The zero-order valence-electron chi connectivity index (χ0n) is 14.4. The minimum Gasteiger partial charge on any atom is -0.322 e. The van der Waals surface area contributed by atoms with Gasteiger partial charge in [0, 0.05) is 16.8 Å². The molecule has 0 fully saturated rings. The molecule has 6 nitrogen and oxygen atoms in total. The summed E-state index contributed by atoms with van der Waals surface area (Å²) in [6, 6.07) is 15.3. The largest absolute Gasteiger partial charge is 0.322 e. The van der Waals surface area contributed by atoms with E-state index in [1.54, 1.807) is 10.8 Å². The third kappa shape index (κ3) is 3.21. The van der Waals surface area contributed by atoms with Gasteiger partial charge in [0.2, 0.25) is 4.96 Å². The van der Waals surface area contributed by atoms with Crippen LogP contribution in [-0.2, 0) is 0 Å². The fraction of sp³-hybridized carbons (Fsp3) is 0.158. The SMILES string of the molecule is CC(C)c1ccc(C(=O)Nc2ccc(-c3nn4cnnc4s3)cc2)cc1. The molecule has 0 saturated carbocycles. The Kier molecular flexibility index (Phi) is 4.22. The van der Waals surface area contributed by atoms with E-state index < -0.39 is 0 Å². The predicted molar refractivity (Wildman–Crippen MR) is 103 cm³/mol. The van der Waals surface area contributed by atoms with Gasteiger partial charge in [0.25, 0.3) is 5.91 Å². The van der Waals surface area contributed by atoms with Crippen LogP contribution < -0.4 is 5.32 Å². The highest BCUT2D eigenvalue weighted by atomic mass is 32.1. The summed E-state index contributed by atoms with van der Waals surface area (Å²) < 4.78 is 1.65. The van der Waals surface area contributed by atoms with Crippen LogP contribution in [0.5, 0.6) is 0 Å². The second-order valence-corrected chi connectivity index (χ2v) is 7.23. The first-order chi connectivity index (χ1) is 12.6. The van der Waals surface area contributed by atoms with E-state index in [0.717, 1.165) is 21.2 Å². The molecule has 1 amide bonds. The lowest BCUT2D eigenvalue weighted by Crippen LogP contribution is -2.11. The molecule has 0 aliphatic carbocycles. The number of rotatable bonds is 4. The third-order valence-corrected chi connectivity index (χ3v) is 5.08. The van der Waals surface area contributed by atoms with Crippen LogP contribution >= 0.6 is 11.3 Å².